The molecule has 2 aromatic heterocycles. The van der Waals surface area contributed by atoms with E-state index in [4.69, 9.17) is 10.5 Å². The van der Waals surface area contributed by atoms with E-state index in [9.17, 15) is 27.6 Å². The number of nitrogens with one attached hydrogen (secondary N) is 2. The summed E-state index contributed by atoms with van der Waals surface area (Å²) in [5.74, 6) is -0.596. The minimum atomic E-state index is -4.65. The van der Waals surface area contributed by atoms with Gasteiger partial charge in [-0.15, -0.1) is 11.3 Å². The van der Waals surface area contributed by atoms with Gasteiger partial charge in [-0.2, -0.15) is 13.2 Å². The molecule has 3 rings (SSSR count). The monoisotopic (exact) mass is 493 g/mol. The number of nitrogens with two attached hydrogens (primary N) is 1. The Balaban J connectivity index is 1.74. The molecule has 34 heavy (non-hydrogen) atoms. The summed E-state index contributed by atoms with van der Waals surface area (Å²) < 4.78 is 44.7. The quantitative estimate of drug-likeness (QED) is 0.449. The van der Waals surface area contributed by atoms with Crippen molar-refractivity contribution in [3.63, 3.8) is 0 Å². The fourth-order valence-corrected chi connectivity index (χ4v) is 3.49. The van der Waals surface area contributed by atoms with Gasteiger partial charge in [-0.05, 0) is 47.3 Å². The van der Waals surface area contributed by atoms with Crippen LogP contribution in [0.5, 0.6) is 5.75 Å². The van der Waals surface area contributed by atoms with Crippen molar-refractivity contribution in [2.45, 2.75) is 19.7 Å². The number of primary amides is 1. The summed E-state index contributed by atoms with van der Waals surface area (Å²) in [7, 11) is 0. The number of benzene rings is 1. The number of hydrazine groups is 1. The van der Waals surface area contributed by atoms with E-state index in [2.05, 4.69) is 15.7 Å². The largest absolute Gasteiger partial charge is 0.487 e. The number of carbonyl (C=O) groups is 3. The molecule has 2 heterocycles. The smallest absolute Gasteiger partial charge is 0.416 e. The van der Waals surface area contributed by atoms with Gasteiger partial charge in [-0.1, -0.05) is 6.07 Å². The first-order valence-electron chi connectivity index (χ1n) is 9.55. The lowest BCUT2D eigenvalue weighted by Crippen LogP contribution is -2.49. The molecule has 0 aliphatic rings. The van der Waals surface area contributed by atoms with Crippen LogP contribution < -0.4 is 26.2 Å². The zero-order valence-electron chi connectivity index (χ0n) is 17.6. The molecule has 178 valence electrons. The van der Waals surface area contributed by atoms with Gasteiger partial charge in [0.25, 0.3) is 5.91 Å². The van der Waals surface area contributed by atoms with Crippen LogP contribution in [0.4, 0.5) is 29.5 Å². The second kappa shape index (κ2) is 10.2. The second-order valence-electron chi connectivity index (χ2n) is 6.80. The summed E-state index contributed by atoms with van der Waals surface area (Å²) in [6, 6.07) is 7.38. The molecule has 3 aromatic rings. The van der Waals surface area contributed by atoms with Crippen molar-refractivity contribution < 1.29 is 32.3 Å². The van der Waals surface area contributed by atoms with Crippen LogP contribution in [0, 0.1) is 0 Å². The van der Waals surface area contributed by atoms with Gasteiger partial charge in [-0.3, -0.25) is 15.0 Å². The minimum Gasteiger partial charge on any atom is -0.487 e. The van der Waals surface area contributed by atoms with Crippen LogP contribution in [0.15, 0.2) is 54.0 Å². The number of pyridine rings is 1. The molecule has 0 aliphatic heterocycles. The number of aromatic nitrogens is 1. The molecule has 0 saturated heterocycles. The van der Waals surface area contributed by atoms with Gasteiger partial charge < -0.3 is 15.8 Å². The van der Waals surface area contributed by atoms with E-state index >= 15 is 0 Å². The Morgan fingerprint density at radius 3 is 2.62 bits per heavy atom. The molecule has 4 N–H and O–H groups in total. The van der Waals surface area contributed by atoms with Gasteiger partial charge in [0.2, 0.25) is 5.91 Å². The topological polar surface area (TPSA) is 127 Å². The number of hydrogen-bond acceptors (Lipinski definition) is 6. The van der Waals surface area contributed by atoms with E-state index in [1.807, 2.05) is 0 Å². The maximum absolute atomic E-state index is 13.0. The average molecular weight is 493 g/mol. The Morgan fingerprint density at radius 1 is 1.18 bits per heavy atom. The maximum atomic E-state index is 13.0. The summed E-state index contributed by atoms with van der Waals surface area (Å²) >= 11 is 0.995. The van der Waals surface area contributed by atoms with E-state index < -0.39 is 23.7 Å². The van der Waals surface area contributed by atoms with Crippen molar-refractivity contribution in [2.75, 3.05) is 10.3 Å². The lowest BCUT2D eigenvalue weighted by Gasteiger charge is -2.22. The number of anilines is 2. The van der Waals surface area contributed by atoms with E-state index in [-0.39, 0.29) is 28.8 Å². The minimum absolute atomic E-state index is 0.0271. The number of alkyl halides is 3. The summed E-state index contributed by atoms with van der Waals surface area (Å²) in [6.07, 6.45) is -3.17. The van der Waals surface area contributed by atoms with Crippen LogP contribution in [0.3, 0.4) is 0 Å². The molecule has 0 radical (unpaired) electrons. The van der Waals surface area contributed by atoms with E-state index in [1.165, 1.54) is 25.3 Å². The van der Waals surface area contributed by atoms with E-state index in [1.54, 1.807) is 17.5 Å². The molecule has 0 unspecified atom stereocenters. The van der Waals surface area contributed by atoms with Crippen molar-refractivity contribution in [1.29, 1.82) is 0 Å². The number of rotatable bonds is 6. The van der Waals surface area contributed by atoms with Crippen LogP contribution in [-0.4, -0.2) is 22.8 Å². The van der Waals surface area contributed by atoms with Crippen molar-refractivity contribution in [3.05, 3.63) is 70.0 Å². The SMILES string of the molecule is CC(=O)Nc1cc(COc2ccsc2C(=O)NN(C(N)=O)c2cccc(C(F)(F)F)c2)ccn1. The summed E-state index contributed by atoms with van der Waals surface area (Å²) in [5.41, 5.74) is 6.86. The zero-order valence-corrected chi connectivity index (χ0v) is 18.4. The van der Waals surface area contributed by atoms with Crippen LogP contribution in [0.25, 0.3) is 0 Å². The summed E-state index contributed by atoms with van der Waals surface area (Å²) in [5, 5.41) is 4.63. The van der Waals surface area contributed by atoms with Crippen molar-refractivity contribution >= 4 is 40.7 Å². The highest BCUT2D eigenvalue weighted by molar-refractivity contribution is 7.12. The zero-order chi connectivity index (χ0) is 24.9. The number of thiophene rings is 1. The highest BCUT2D eigenvalue weighted by Crippen LogP contribution is 2.32. The lowest BCUT2D eigenvalue weighted by atomic mass is 10.2. The standard InChI is InChI=1S/C21H18F3N5O4S/c1-12(30)27-17-9-13(5-7-26-17)11-33-16-6-8-34-18(16)19(31)28-29(20(25)32)15-4-2-3-14(10-15)21(22,23)24/h2-10H,11H2,1H3,(H2,25,32)(H,28,31)(H,26,27,30). The fourth-order valence-electron chi connectivity index (χ4n) is 2.77. The van der Waals surface area contributed by atoms with Crippen LogP contribution in [0.2, 0.25) is 0 Å². The van der Waals surface area contributed by atoms with Crippen LogP contribution >= 0.6 is 11.3 Å². The molecule has 13 heteroatoms. The lowest BCUT2D eigenvalue weighted by molar-refractivity contribution is -0.137. The van der Waals surface area contributed by atoms with Crippen LogP contribution in [-0.2, 0) is 17.6 Å². The normalized spacial score (nSPS) is 10.9. The number of carbonyl (C=O) groups excluding carboxylic acids is 3. The Morgan fingerprint density at radius 2 is 1.94 bits per heavy atom. The molecule has 0 aliphatic carbocycles. The Bertz CT molecular complexity index is 1210. The third-order valence-corrected chi connectivity index (χ3v) is 5.12. The van der Waals surface area contributed by atoms with Gasteiger partial charge in [0.15, 0.2) is 0 Å². The first-order chi connectivity index (χ1) is 16.0. The molecule has 0 bridgehead atoms. The summed E-state index contributed by atoms with van der Waals surface area (Å²) in [4.78, 5) is 39.9. The second-order valence-corrected chi connectivity index (χ2v) is 7.71. The number of amides is 4. The van der Waals surface area contributed by atoms with Gasteiger partial charge in [0.05, 0.1) is 11.3 Å². The molecule has 0 spiro atoms. The molecule has 0 atom stereocenters. The van der Waals surface area contributed by atoms with E-state index in [0.717, 1.165) is 23.5 Å². The third kappa shape index (κ3) is 6.22. The van der Waals surface area contributed by atoms with E-state index in [0.29, 0.717) is 22.5 Å². The number of hydrogen-bond donors (Lipinski definition) is 3. The summed E-state index contributed by atoms with van der Waals surface area (Å²) in [6.45, 7) is 1.37. The Labute approximate surface area is 195 Å². The van der Waals surface area contributed by atoms with Crippen molar-refractivity contribution in [3.8, 4) is 5.75 Å². The Hall–Kier alpha value is -4.13. The Kier molecular flexibility index (Phi) is 7.36. The third-order valence-electron chi connectivity index (χ3n) is 4.22. The molecular formula is C21H18F3N5O4S. The number of nitrogens with zero attached hydrogens (tertiary/aromatic N) is 2. The predicted molar refractivity (Wildman–Crippen MR) is 118 cm³/mol. The number of halogens is 3. The molecule has 0 fully saturated rings. The molecule has 4 amide bonds. The van der Waals surface area contributed by atoms with Gasteiger partial charge in [0.1, 0.15) is 23.1 Å². The molecule has 1 aromatic carbocycles. The highest BCUT2D eigenvalue weighted by atomic mass is 32.1. The number of urea groups is 1. The first kappa shape index (κ1) is 24.5. The van der Waals surface area contributed by atoms with Crippen molar-refractivity contribution in [1.82, 2.24) is 10.4 Å². The highest BCUT2D eigenvalue weighted by Gasteiger charge is 2.31. The fraction of sp³-hybridized carbons (Fsp3) is 0.143. The van der Waals surface area contributed by atoms with Crippen LogP contribution in [0.1, 0.15) is 27.7 Å². The number of ether oxygens (including phenoxy) is 1. The molecule has 0 saturated carbocycles. The van der Waals surface area contributed by atoms with Gasteiger partial charge in [-0.25, -0.2) is 14.8 Å². The first-order valence-corrected chi connectivity index (χ1v) is 10.4. The predicted octanol–water partition coefficient (Wildman–Crippen LogP) is 3.93. The van der Waals surface area contributed by atoms with Crippen molar-refractivity contribution in [2.24, 2.45) is 5.73 Å². The molecule has 9 nitrogen and oxygen atoms in total. The van der Waals surface area contributed by atoms with Gasteiger partial charge in [0, 0.05) is 13.1 Å². The molecular weight excluding hydrogens is 475 g/mol. The van der Waals surface area contributed by atoms with Gasteiger partial charge >= 0.3 is 12.2 Å². The average Bonchev–Trinajstić information content (AvgIpc) is 3.24. The maximum Gasteiger partial charge on any atom is 0.416 e.